The standard InChI is InChI=1S/C31H38N2O3/c1-5-6-15-32-31(35)29(20-26-12-8-7-9-13-26)33(21-27-14-10-11-23(2)17-27)30(34)22-36-28-18-24(3)16-25(4)19-28/h7-14,16-19,29H,5-6,15,20-22H2,1-4H3,(H,32,35)/t29-/m1/s1. The number of carbonyl (C=O) groups excluding carboxylic acids is 2. The van der Waals surface area contributed by atoms with Crippen molar-refractivity contribution < 1.29 is 14.3 Å². The van der Waals surface area contributed by atoms with Gasteiger partial charge in [-0.05, 0) is 61.6 Å². The molecule has 5 nitrogen and oxygen atoms in total. The van der Waals surface area contributed by atoms with E-state index >= 15 is 0 Å². The van der Waals surface area contributed by atoms with Gasteiger partial charge in [0, 0.05) is 19.5 Å². The zero-order valence-corrected chi connectivity index (χ0v) is 21.9. The lowest BCUT2D eigenvalue weighted by Gasteiger charge is -2.31. The van der Waals surface area contributed by atoms with Crippen molar-refractivity contribution in [3.05, 3.63) is 101 Å². The fourth-order valence-electron chi connectivity index (χ4n) is 4.31. The number of nitrogens with zero attached hydrogens (tertiary/aromatic N) is 1. The van der Waals surface area contributed by atoms with Gasteiger partial charge in [-0.3, -0.25) is 9.59 Å². The summed E-state index contributed by atoms with van der Waals surface area (Å²) >= 11 is 0. The summed E-state index contributed by atoms with van der Waals surface area (Å²) in [5, 5.41) is 3.05. The smallest absolute Gasteiger partial charge is 0.261 e. The Morgan fingerprint density at radius 3 is 2.22 bits per heavy atom. The molecule has 3 aromatic rings. The maximum absolute atomic E-state index is 13.7. The summed E-state index contributed by atoms with van der Waals surface area (Å²) in [6.07, 6.45) is 2.31. The van der Waals surface area contributed by atoms with Crippen LogP contribution in [0.3, 0.4) is 0 Å². The number of carbonyl (C=O) groups is 2. The Morgan fingerprint density at radius 2 is 1.56 bits per heavy atom. The first-order valence-corrected chi connectivity index (χ1v) is 12.7. The number of unbranched alkanes of at least 4 members (excludes halogenated alkanes) is 1. The molecule has 0 aromatic heterocycles. The molecule has 3 aromatic carbocycles. The average molecular weight is 487 g/mol. The molecule has 0 radical (unpaired) electrons. The summed E-state index contributed by atoms with van der Waals surface area (Å²) < 4.78 is 5.93. The maximum atomic E-state index is 13.7. The number of hydrogen-bond donors (Lipinski definition) is 1. The summed E-state index contributed by atoms with van der Waals surface area (Å²) in [7, 11) is 0. The zero-order valence-electron chi connectivity index (χ0n) is 21.9. The van der Waals surface area contributed by atoms with Gasteiger partial charge in [0.1, 0.15) is 11.8 Å². The van der Waals surface area contributed by atoms with Gasteiger partial charge in [0.2, 0.25) is 5.91 Å². The summed E-state index contributed by atoms with van der Waals surface area (Å²) in [5.41, 5.74) is 5.25. The van der Waals surface area contributed by atoms with Gasteiger partial charge in [0.05, 0.1) is 0 Å². The molecule has 5 heteroatoms. The van der Waals surface area contributed by atoms with Gasteiger partial charge in [0.15, 0.2) is 6.61 Å². The van der Waals surface area contributed by atoms with Gasteiger partial charge in [0.25, 0.3) is 5.91 Å². The number of hydrogen-bond acceptors (Lipinski definition) is 3. The quantitative estimate of drug-likeness (QED) is 0.342. The monoisotopic (exact) mass is 486 g/mol. The van der Waals surface area contributed by atoms with Gasteiger partial charge < -0.3 is 15.0 Å². The second-order valence-corrected chi connectivity index (χ2v) is 9.47. The summed E-state index contributed by atoms with van der Waals surface area (Å²) in [5.74, 6) is 0.297. The van der Waals surface area contributed by atoms with Crippen LogP contribution in [-0.4, -0.2) is 35.9 Å². The molecule has 0 saturated carbocycles. The van der Waals surface area contributed by atoms with E-state index in [1.165, 1.54) is 0 Å². The Morgan fingerprint density at radius 1 is 0.861 bits per heavy atom. The van der Waals surface area contributed by atoms with Crippen molar-refractivity contribution in [1.29, 1.82) is 0 Å². The largest absolute Gasteiger partial charge is 0.484 e. The van der Waals surface area contributed by atoms with Crippen molar-refractivity contribution in [2.24, 2.45) is 0 Å². The van der Waals surface area contributed by atoms with Crippen molar-refractivity contribution in [1.82, 2.24) is 10.2 Å². The van der Waals surface area contributed by atoms with Gasteiger partial charge in [-0.15, -0.1) is 0 Å². The van der Waals surface area contributed by atoms with Gasteiger partial charge >= 0.3 is 0 Å². The lowest BCUT2D eigenvalue weighted by atomic mass is 10.0. The van der Waals surface area contributed by atoms with Gasteiger partial charge in [-0.1, -0.05) is 79.6 Å². The highest BCUT2D eigenvalue weighted by Gasteiger charge is 2.30. The molecule has 2 amide bonds. The van der Waals surface area contributed by atoms with E-state index in [2.05, 4.69) is 24.4 Å². The average Bonchev–Trinajstić information content (AvgIpc) is 2.85. The van der Waals surface area contributed by atoms with Crippen molar-refractivity contribution >= 4 is 11.8 Å². The topological polar surface area (TPSA) is 58.6 Å². The van der Waals surface area contributed by atoms with E-state index in [1.54, 1.807) is 4.90 Å². The molecule has 0 aliphatic rings. The fourth-order valence-corrected chi connectivity index (χ4v) is 4.31. The molecule has 0 bridgehead atoms. The van der Waals surface area contributed by atoms with Crippen molar-refractivity contribution in [3.63, 3.8) is 0 Å². The Kier molecular flexibility index (Phi) is 10.1. The van der Waals surface area contributed by atoms with E-state index in [1.807, 2.05) is 81.4 Å². The van der Waals surface area contributed by atoms with Crippen LogP contribution in [0.1, 0.15) is 47.6 Å². The molecule has 0 unspecified atom stereocenters. The summed E-state index contributed by atoms with van der Waals surface area (Å²) in [4.78, 5) is 28.8. The van der Waals surface area contributed by atoms with E-state index in [-0.39, 0.29) is 18.4 Å². The van der Waals surface area contributed by atoms with Crippen LogP contribution < -0.4 is 10.1 Å². The third-order valence-corrected chi connectivity index (χ3v) is 6.09. The fraction of sp³-hybridized carbons (Fsp3) is 0.355. The van der Waals surface area contributed by atoms with Crippen LogP contribution in [0.2, 0.25) is 0 Å². The number of ether oxygens (including phenoxy) is 1. The van der Waals surface area contributed by atoms with Crippen LogP contribution in [0.5, 0.6) is 5.75 Å². The summed E-state index contributed by atoms with van der Waals surface area (Å²) in [6.45, 7) is 8.90. The third kappa shape index (κ3) is 8.26. The number of benzene rings is 3. The summed E-state index contributed by atoms with van der Waals surface area (Å²) in [6, 6.07) is 23.2. The Hall–Kier alpha value is -3.60. The van der Waals surface area contributed by atoms with Crippen molar-refractivity contribution in [2.45, 2.75) is 59.5 Å². The molecule has 0 heterocycles. The molecule has 1 N–H and O–H groups in total. The SMILES string of the molecule is CCCCNC(=O)[C@@H](Cc1ccccc1)N(Cc1cccc(C)c1)C(=O)COc1cc(C)cc(C)c1. The Balaban J connectivity index is 1.89. The van der Waals surface area contributed by atoms with Gasteiger partial charge in [-0.2, -0.15) is 0 Å². The first kappa shape index (κ1) is 27.0. The highest BCUT2D eigenvalue weighted by atomic mass is 16.5. The first-order chi connectivity index (χ1) is 17.4. The third-order valence-electron chi connectivity index (χ3n) is 6.09. The molecular formula is C31H38N2O3. The van der Waals surface area contributed by atoms with E-state index in [0.29, 0.717) is 25.3 Å². The minimum Gasteiger partial charge on any atom is -0.484 e. The van der Waals surface area contributed by atoms with E-state index in [9.17, 15) is 9.59 Å². The number of aryl methyl sites for hydroxylation is 3. The zero-order chi connectivity index (χ0) is 25.9. The molecule has 0 spiro atoms. The Bertz CT molecular complexity index is 1120. The molecule has 3 rings (SSSR count). The maximum Gasteiger partial charge on any atom is 0.261 e. The molecule has 0 saturated heterocycles. The van der Waals surface area contributed by atoms with Crippen LogP contribution in [0.25, 0.3) is 0 Å². The van der Waals surface area contributed by atoms with Crippen LogP contribution in [0.15, 0.2) is 72.8 Å². The Labute approximate surface area is 215 Å². The lowest BCUT2D eigenvalue weighted by molar-refractivity contribution is -0.142. The minimum absolute atomic E-state index is 0.137. The number of nitrogens with one attached hydrogen (secondary N) is 1. The van der Waals surface area contributed by atoms with E-state index < -0.39 is 6.04 Å². The molecule has 0 aliphatic heterocycles. The van der Waals surface area contributed by atoms with Crippen molar-refractivity contribution in [2.75, 3.05) is 13.2 Å². The predicted molar refractivity (Wildman–Crippen MR) is 145 cm³/mol. The first-order valence-electron chi connectivity index (χ1n) is 12.7. The molecular weight excluding hydrogens is 448 g/mol. The van der Waals surface area contributed by atoms with Crippen LogP contribution in [0.4, 0.5) is 0 Å². The molecule has 190 valence electrons. The highest BCUT2D eigenvalue weighted by molar-refractivity contribution is 5.88. The highest BCUT2D eigenvalue weighted by Crippen LogP contribution is 2.19. The number of rotatable bonds is 12. The van der Waals surface area contributed by atoms with Crippen LogP contribution >= 0.6 is 0 Å². The van der Waals surface area contributed by atoms with E-state index in [4.69, 9.17) is 4.74 Å². The second kappa shape index (κ2) is 13.5. The predicted octanol–water partition coefficient (Wildman–Crippen LogP) is 5.55. The molecule has 1 atom stereocenters. The van der Waals surface area contributed by atoms with Crippen LogP contribution in [-0.2, 0) is 22.6 Å². The van der Waals surface area contributed by atoms with Gasteiger partial charge in [-0.25, -0.2) is 0 Å². The minimum atomic E-state index is -0.653. The van der Waals surface area contributed by atoms with E-state index in [0.717, 1.165) is 40.7 Å². The molecule has 36 heavy (non-hydrogen) atoms. The van der Waals surface area contributed by atoms with Crippen molar-refractivity contribution in [3.8, 4) is 5.75 Å². The molecule has 0 fully saturated rings. The van der Waals surface area contributed by atoms with Crippen LogP contribution in [0, 0.1) is 20.8 Å². The number of amides is 2. The normalized spacial score (nSPS) is 11.6. The lowest BCUT2D eigenvalue weighted by Crippen LogP contribution is -2.51. The molecule has 0 aliphatic carbocycles. The second-order valence-electron chi connectivity index (χ2n) is 9.47.